The second kappa shape index (κ2) is 4.71. The minimum Gasteiger partial charge on any atom is -0.325 e. The van der Waals surface area contributed by atoms with Crippen molar-refractivity contribution in [3.05, 3.63) is 35.4 Å². The monoisotopic (exact) mass is 213 g/mol. The Labute approximate surface area is 89.3 Å². The molecule has 1 nitrogen and oxygen atoms in total. The van der Waals surface area contributed by atoms with Crippen LogP contribution in [0.4, 0.5) is 8.78 Å². The lowest BCUT2D eigenvalue weighted by Crippen LogP contribution is -2.25. The van der Waals surface area contributed by atoms with Crippen LogP contribution in [-0.2, 0) is 12.3 Å². The van der Waals surface area contributed by atoms with Gasteiger partial charge in [-0.3, -0.25) is 0 Å². The lowest BCUT2D eigenvalue weighted by Gasteiger charge is -2.15. The summed E-state index contributed by atoms with van der Waals surface area (Å²) >= 11 is 0. The van der Waals surface area contributed by atoms with Gasteiger partial charge in [-0.05, 0) is 24.0 Å². The van der Waals surface area contributed by atoms with Crippen molar-refractivity contribution in [3.63, 3.8) is 0 Å². The smallest absolute Gasteiger partial charge is 0.285 e. The molecule has 0 aromatic heterocycles. The molecular formula is C12H17F2N. The van der Waals surface area contributed by atoms with Gasteiger partial charge in [-0.15, -0.1) is 0 Å². The Morgan fingerprint density at radius 2 is 2.00 bits per heavy atom. The van der Waals surface area contributed by atoms with E-state index < -0.39 is 12.5 Å². The Balaban J connectivity index is 2.92. The summed E-state index contributed by atoms with van der Waals surface area (Å²) in [5.41, 5.74) is 6.00. The van der Waals surface area contributed by atoms with Crippen LogP contribution < -0.4 is 5.73 Å². The summed E-state index contributed by atoms with van der Waals surface area (Å²) in [6.45, 7) is 3.49. The quantitative estimate of drug-likeness (QED) is 0.817. The van der Waals surface area contributed by atoms with Gasteiger partial charge < -0.3 is 5.73 Å². The molecule has 0 heterocycles. The molecule has 1 aromatic rings. The fourth-order valence-electron chi connectivity index (χ4n) is 1.52. The van der Waals surface area contributed by atoms with Crippen molar-refractivity contribution in [1.29, 1.82) is 0 Å². The largest absolute Gasteiger partial charge is 0.325 e. The van der Waals surface area contributed by atoms with E-state index in [2.05, 4.69) is 13.8 Å². The van der Waals surface area contributed by atoms with Crippen LogP contribution in [0.5, 0.6) is 0 Å². The first-order valence-corrected chi connectivity index (χ1v) is 5.13. The van der Waals surface area contributed by atoms with Crippen molar-refractivity contribution >= 4 is 0 Å². The molecule has 0 radical (unpaired) electrons. The highest BCUT2D eigenvalue weighted by Gasteiger charge is 2.29. The van der Waals surface area contributed by atoms with Gasteiger partial charge in [-0.25, -0.2) is 0 Å². The van der Waals surface area contributed by atoms with Crippen LogP contribution in [0, 0.1) is 5.92 Å². The molecule has 15 heavy (non-hydrogen) atoms. The molecule has 1 aromatic carbocycles. The summed E-state index contributed by atoms with van der Waals surface area (Å²) in [6.07, 6.45) is 0.814. The van der Waals surface area contributed by atoms with E-state index in [-0.39, 0.29) is 5.56 Å². The van der Waals surface area contributed by atoms with Gasteiger partial charge in [0.25, 0.3) is 5.92 Å². The van der Waals surface area contributed by atoms with Crippen LogP contribution in [0.15, 0.2) is 24.3 Å². The van der Waals surface area contributed by atoms with E-state index in [1.165, 1.54) is 6.07 Å². The van der Waals surface area contributed by atoms with Gasteiger partial charge in [0, 0.05) is 5.56 Å². The lowest BCUT2D eigenvalue weighted by molar-refractivity contribution is 0.00586. The number of benzene rings is 1. The first-order chi connectivity index (χ1) is 6.95. The minimum atomic E-state index is -2.91. The average Bonchev–Trinajstić information content (AvgIpc) is 2.17. The summed E-state index contributed by atoms with van der Waals surface area (Å²) in [7, 11) is 0. The summed E-state index contributed by atoms with van der Waals surface area (Å²) in [6, 6.07) is 6.51. The van der Waals surface area contributed by atoms with E-state index in [9.17, 15) is 8.78 Å². The molecule has 0 amide bonds. The van der Waals surface area contributed by atoms with E-state index in [1.54, 1.807) is 12.1 Å². The van der Waals surface area contributed by atoms with Gasteiger partial charge in [0.15, 0.2) is 0 Å². The predicted octanol–water partition coefficient (Wildman–Crippen LogP) is 2.94. The lowest BCUT2D eigenvalue weighted by atomic mass is 9.99. The van der Waals surface area contributed by atoms with Crippen LogP contribution in [0.3, 0.4) is 0 Å². The number of halogens is 2. The van der Waals surface area contributed by atoms with Crippen LogP contribution in [0.25, 0.3) is 0 Å². The molecule has 0 saturated heterocycles. The zero-order valence-corrected chi connectivity index (χ0v) is 9.13. The Kier molecular flexibility index (Phi) is 3.80. The third kappa shape index (κ3) is 3.27. The molecule has 0 bridgehead atoms. The molecular weight excluding hydrogens is 196 g/mol. The Morgan fingerprint density at radius 3 is 2.53 bits per heavy atom. The second-order valence-electron chi connectivity index (χ2n) is 4.21. The number of alkyl halides is 2. The Bertz CT molecular complexity index is 321. The topological polar surface area (TPSA) is 26.0 Å². The number of nitrogens with two attached hydrogens (primary N) is 1. The van der Waals surface area contributed by atoms with Crippen LogP contribution in [0.2, 0.25) is 0 Å². The molecule has 0 aliphatic carbocycles. The molecule has 1 rings (SSSR count). The minimum absolute atomic E-state index is 0.0168. The number of hydrogen-bond donors (Lipinski definition) is 1. The molecule has 3 heteroatoms. The van der Waals surface area contributed by atoms with Crippen molar-refractivity contribution in [3.8, 4) is 0 Å². The van der Waals surface area contributed by atoms with Crippen molar-refractivity contribution in [2.75, 3.05) is 6.54 Å². The van der Waals surface area contributed by atoms with Gasteiger partial charge in [-0.2, -0.15) is 8.78 Å². The zero-order chi connectivity index (χ0) is 11.5. The first kappa shape index (κ1) is 12.1. The van der Waals surface area contributed by atoms with Crippen molar-refractivity contribution in [2.24, 2.45) is 11.7 Å². The molecule has 84 valence electrons. The van der Waals surface area contributed by atoms with Gasteiger partial charge in [0.2, 0.25) is 0 Å². The molecule has 0 saturated carbocycles. The van der Waals surface area contributed by atoms with E-state index in [0.717, 1.165) is 12.0 Å². The predicted molar refractivity (Wildman–Crippen MR) is 57.9 cm³/mol. The summed E-state index contributed by atoms with van der Waals surface area (Å²) < 4.78 is 26.6. The maximum atomic E-state index is 13.3. The molecule has 0 aliphatic rings. The molecule has 2 N–H and O–H groups in total. The second-order valence-corrected chi connectivity index (χ2v) is 4.21. The van der Waals surface area contributed by atoms with E-state index >= 15 is 0 Å². The van der Waals surface area contributed by atoms with Crippen molar-refractivity contribution in [2.45, 2.75) is 26.2 Å². The number of rotatable bonds is 4. The Hall–Kier alpha value is -0.960. The zero-order valence-electron chi connectivity index (χ0n) is 9.13. The highest BCUT2D eigenvalue weighted by Crippen LogP contribution is 2.27. The van der Waals surface area contributed by atoms with Crippen LogP contribution >= 0.6 is 0 Å². The van der Waals surface area contributed by atoms with E-state index in [1.807, 2.05) is 6.07 Å². The SMILES string of the molecule is CC(C)Cc1cccc(C(F)(F)CN)c1. The third-order valence-electron chi connectivity index (χ3n) is 2.25. The van der Waals surface area contributed by atoms with Gasteiger partial charge in [0.1, 0.15) is 0 Å². The van der Waals surface area contributed by atoms with Crippen molar-refractivity contribution < 1.29 is 8.78 Å². The summed E-state index contributed by atoms with van der Waals surface area (Å²) in [5.74, 6) is -2.45. The first-order valence-electron chi connectivity index (χ1n) is 5.13. The third-order valence-corrected chi connectivity index (χ3v) is 2.25. The molecule has 0 atom stereocenters. The standard InChI is InChI=1S/C12H17F2N/c1-9(2)6-10-4-3-5-11(7-10)12(13,14)8-15/h3-5,7,9H,6,8,15H2,1-2H3. The van der Waals surface area contributed by atoms with E-state index in [0.29, 0.717) is 5.92 Å². The fourth-order valence-corrected chi connectivity index (χ4v) is 1.52. The molecule has 0 aliphatic heterocycles. The van der Waals surface area contributed by atoms with Crippen molar-refractivity contribution in [1.82, 2.24) is 0 Å². The summed E-state index contributed by atoms with van der Waals surface area (Å²) in [5, 5.41) is 0. The van der Waals surface area contributed by atoms with Gasteiger partial charge in [0.05, 0.1) is 6.54 Å². The van der Waals surface area contributed by atoms with E-state index in [4.69, 9.17) is 5.73 Å². The highest BCUT2D eigenvalue weighted by molar-refractivity contribution is 5.27. The normalized spacial score (nSPS) is 12.1. The molecule has 0 unspecified atom stereocenters. The Morgan fingerprint density at radius 1 is 1.33 bits per heavy atom. The van der Waals surface area contributed by atoms with Crippen LogP contribution in [0.1, 0.15) is 25.0 Å². The molecule has 0 fully saturated rings. The average molecular weight is 213 g/mol. The maximum Gasteiger partial charge on any atom is 0.285 e. The van der Waals surface area contributed by atoms with Crippen LogP contribution in [-0.4, -0.2) is 6.54 Å². The molecule has 0 spiro atoms. The fraction of sp³-hybridized carbons (Fsp3) is 0.500. The highest BCUT2D eigenvalue weighted by atomic mass is 19.3. The maximum absolute atomic E-state index is 13.3. The summed E-state index contributed by atoms with van der Waals surface area (Å²) in [4.78, 5) is 0. The van der Waals surface area contributed by atoms with Gasteiger partial charge >= 0.3 is 0 Å². The van der Waals surface area contributed by atoms with Gasteiger partial charge in [-0.1, -0.05) is 32.0 Å². The number of hydrogen-bond acceptors (Lipinski definition) is 1.